The number of nitrogens with zero attached hydrogens (tertiary/aromatic N) is 2. The number of hydrogen-bond acceptors (Lipinski definition) is 2. The highest BCUT2D eigenvalue weighted by molar-refractivity contribution is 6.31. The lowest BCUT2D eigenvalue weighted by atomic mass is 10.1. The van der Waals surface area contributed by atoms with Gasteiger partial charge in [-0.15, -0.1) is 0 Å². The van der Waals surface area contributed by atoms with Crippen LogP contribution in [-0.4, -0.2) is 9.97 Å². The quantitative estimate of drug-likeness (QED) is 0.633. The van der Waals surface area contributed by atoms with Crippen LogP contribution in [0, 0.1) is 0 Å². The minimum absolute atomic E-state index is 0.436. The first-order valence-electron chi connectivity index (χ1n) is 6.54. The Balaban J connectivity index is 1.97. The van der Waals surface area contributed by atoms with Crippen molar-refractivity contribution in [3.8, 4) is 11.3 Å². The molecule has 0 radical (unpaired) electrons. The molecule has 4 heteroatoms. The topological polar surface area (TPSA) is 25.8 Å². The predicted molar refractivity (Wildman–Crippen MR) is 86.7 cm³/mol. The standard InChI is InChI=1S/C17H12Cl2N2/c18-14-9-5-4-8-13(14)10-17-20-15(11-16(19)21-17)12-6-2-1-3-7-12/h1-9,11H,10H2. The molecule has 0 bridgehead atoms. The van der Waals surface area contributed by atoms with Gasteiger partial charge < -0.3 is 0 Å². The van der Waals surface area contributed by atoms with Crippen LogP contribution >= 0.6 is 23.2 Å². The summed E-state index contributed by atoms with van der Waals surface area (Å²) in [5.41, 5.74) is 2.82. The molecule has 0 aliphatic rings. The van der Waals surface area contributed by atoms with Gasteiger partial charge in [-0.2, -0.15) is 0 Å². The van der Waals surface area contributed by atoms with Crippen LogP contribution in [0.15, 0.2) is 60.7 Å². The van der Waals surface area contributed by atoms with Gasteiger partial charge in [-0.05, 0) is 11.6 Å². The van der Waals surface area contributed by atoms with Crippen LogP contribution in [0.25, 0.3) is 11.3 Å². The molecule has 104 valence electrons. The predicted octanol–water partition coefficient (Wildman–Crippen LogP) is 5.04. The maximum atomic E-state index is 6.18. The molecule has 0 N–H and O–H groups in total. The Morgan fingerprint density at radius 3 is 2.29 bits per heavy atom. The number of aromatic nitrogens is 2. The number of hydrogen-bond donors (Lipinski definition) is 0. The zero-order valence-corrected chi connectivity index (χ0v) is 12.6. The van der Waals surface area contributed by atoms with E-state index in [9.17, 15) is 0 Å². The van der Waals surface area contributed by atoms with Gasteiger partial charge in [-0.3, -0.25) is 0 Å². The number of rotatable bonds is 3. The van der Waals surface area contributed by atoms with Crippen LogP contribution in [0.3, 0.4) is 0 Å². The van der Waals surface area contributed by atoms with Gasteiger partial charge in [0.15, 0.2) is 0 Å². The van der Waals surface area contributed by atoms with E-state index < -0.39 is 0 Å². The second kappa shape index (κ2) is 6.25. The van der Waals surface area contributed by atoms with Crippen LogP contribution in [0.5, 0.6) is 0 Å². The molecule has 3 rings (SSSR count). The Morgan fingerprint density at radius 1 is 0.810 bits per heavy atom. The minimum atomic E-state index is 0.436. The third-order valence-electron chi connectivity index (χ3n) is 3.12. The molecule has 0 aliphatic carbocycles. The normalized spacial score (nSPS) is 10.6. The Bertz CT molecular complexity index is 758. The molecule has 21 heavy (non-hydrogen) atoms. The van der Waals surface area contributed by atoms with Crippen LogP contribution in [0.1, 0.15) is 11.4 Å². The Hall–Kier alpha value is -1.90. The molecular weight excluding hydrogens is 303 g/mol. The Kier molecular flexibility index (Phi) is 4.18. The highest BCUT2D eigenvalue weighted by Crippen LogP contribution is 2.22. The van der Waals surface area contributed by atoms with Crippen molar-refractivity contribution >= 4 is 23.2 Å². The van der Waals surface area contributed by atoms with Crippen LogP contribution < -0.4 is 0 Å². The lowest BCUT2D eigenvalue weighted by Crippen LogP contribution is -1.99. The van der Waals surface area contributed by atoms with E-state index in [0.717, 1.165) is 16.8 Å². The zero-order chi connectivity index (χ0) is 14.7. The van der Waals surface area contributed by atoms with Gasteiger partial charge >= 0.3 is 0 Å². The van der Waals surface area contributed by atoms with E-state index in [1.807, 2.05) is 54.6 Å². The Morgan fingerprint density at radius 2 is 1.52 bits per heavy atom. The molecule has 3 aromatic rings. The summed E-state index contributed by atoms with van der Waals surface area (Å²) in [5, 5.41) is 1.15. The van der Waals surface area contributed by atoms with Crippen molar-refractivity contribution in [2.45, 2.75) is 6.42 Å². The SMILES string of the molecule is Clc1cc(-c2ccccc2)nc(Cc2ccccc2Cl)n1. The molecule has 2 nitrogen and oxygen atoms in total. The van der Waals surface area contributed by atoms with E-state index >= 15 is 0 Å². The molecule has 0 atom stereocenters. The van der Waals surface area contributed by atoms with Gasteiger partial charge in [0, 0.05) is 23.1 Å². The van der Waals surface area contributed by atoms with Gasteiger partial charge in [-0.1, -0.05) is 71.7 Å². The molecule has 0 saturated carbocycles. The van der Waals surface area contributed by atoms with Crippen molar-refractivity contribution in [3.63, 3.8) is 0 Å². The highest BCUT2D eigenvalue weighted by atomic mass is 35.5. The third-order valence-corrected chi connectivity index (χ3v) is 3.68. The second-order valence-corrected chi connectivity index (χ2v) is 5.42. The van der Waals surface area contributed by atoms with Gasteiger partial charge in [0.05, 0.1) is 5.69 Å². The first kappa shape index (κ1) is 14.1. The summed E-state index contributed by atoms with van der Waals surface area (Å²) in [6.45, 7) is 0. The van der Waals surface area contributed by atoms with E-state index in [2.05, 4.69) is 9.97 Å². The van der Waals surface area contributed by atoms with Gasteiger partial charge in [0.25, 0.3) is 0 Å². The van der Waals surface area contributed by atoms with Crippen molar-refractivity contribution < 1.29 is 0 Å². The van der Waals surface area contributed by atoms with Crippen molar-refractivity contribution in [1.29, 1.82) is 0 Å². The van der Waals surface area contributed by atoms with Gasteiger partial charge in [-0.25, -0.2) is 9.97 Å². The molecule has 0 fully saturated rings. The van der Waals surface area contributed by atoms with E-state index in [-0.39, 0.29) is 0 Å². The fourth-order valence-corrected chi connectivity index (χ4v) is 2.52. The lowest BCUT2D eigenvalue weighted by Gasteiger charge is -2.07. The van der Waals surface area contributed by atoms with E-state index in [1.165, 1.54) is 0 Å². The van der Waals surface area contributed by atoms with Crippen LogP contribution in [0.2, 0.25) is 10.2 Å². The molecular formula is C17H12Cl2N2. The average Bonchev–Trinajstić information content (AvgIpc) is 2.50. The van der Waals surface area contributed by atoms with E-state index in [1.54, 1.807) is 6.07 Å². The average molecular weight is 315 g/mol. The molecule has 0 unspecified atom stereocenters. The maximum Gasteiger partial charge on any atom is 0.135 e. The fourth-order valence-electron chi connectivity index (χ4n) is 2.11. The Labute approximate surface area is 133 Å². The molecule has 1 heterocycles. The molecule has 1 aromatic heterocycles. The smallest absolute Gasteiger partial charge is 0.135 e. The number of benzene rings is 2. The van der Waals surface area contributed by atoms with Crippen molar-refractivity contribution in [2.24, 2.45) is 0 Å². The lowest BCUT2D eigenvalue weighted by molar-refractivity contribution is 0.972. The summed E-state index contributed by atoms with van der Waals surface area (Å²) in [5.74, 6) is 0.662. The molecule has 0 aliphatic heterocycles. The first-order valence-corrected chi connectivity index (χ1v) is 7.30. The molecule has 0 amide bonds. The maximum absolute atomic E-state index is 6.18. The van der Waals surface area contributed by atoms with Crippen LogP contribution in [-0.2, 0) is 6.42 Å². The van der Waals surface area contributed by atoms with E-state index in [0.29, 0.717) is 22.4 Å². The largest absolute Gasteiger partial charge is 0.232 e. The summed E-state index contributed by atoms with van der Waals surface area (Å²) in [4.78, 5) is 8.88. The zero-order valence-electron chi connectivity index (χ0n) is 11.1. The third kappa shape index (κ3) is 3.41. The van der Waals surface area contributed by atoms with Crippen molar-refractivity contribution in [3.05, 3.63) is 82.2 Å². The summed E-state index contributed by atoms with van der Waals surface area (Å²) < 4.78 is 0. The highest BCUT2D eigenvalue weighted by Gasteiger charge is 2.08. The second-order valence-electron chi connectivity index (χ2n) is 4.63. The monoisotopic (exact) mass is 314 g/mol. The van der Waals surface area contributed by atoms with Crippen LogP contribution in [0.4, 0.5) is 0 Å². The molecule has 0 spiro atoms. The van der Waals surface area contributed by atoms with Gasteiger partial charge in [0.1, 0.15) is 11.0 Å². The summed E-state index contributed by atoms with van der Waals surface area (Å²) in [7, 11) is 0. The minimum Gasteiger partial charge on any atom is -0.232 e. The summed E-state index contributed by atoms with van der Waals surface area (Å²) in [6.07, 6.45) is 0.556. The van der Waals surface area contributed by atoms with Gasteiger partial charge in [0.2, 0.25) is 0 Å². The van der Waals surface area contributed by atoms with E-state index in [4.69, 9.17) is 23.2 Å². The molecule has 2 aromatic carbocycles. The summed E-state index contributed by atoms with van der Waals surface area (Å²) in [6, 6.07) is 19.4. The van der Waals surface area contributed by atoms with Crippen molar-refractivity contribution in [1.82, 2.24) is 9.97 Å². The fraction of sp³-hybridized carbons (Fsp3) is 0.0588. The van der Waals surface area contributed by atoms with Crippen molar-refractivity contribution in [2.75, 3.05) is 0 Å². The number of halogens is 2. The molecule has 0 saturated heterocycles. The summed E-state index contributed by atoms with van der Waals surface area (Å²) >= 11 is 12.3. The first-order chi connectivity index (χ1) is 10.2.